The van der Waals surface area contributed by atoms with Crippen molar-refractivity contribution >= 4 is 40.4 Å². The second-order valence-electron chi connectivity index (χ2n) is 4.95. The Kier molecular flexibility index (Phi) is 7.06. The summed E-state index contributed by atoms with van der Waals surface area (Å²) in [5.74, 6) is 0.478. The predicted molar refractivity (Wildman–Crippen MR) is 81.2 cm³/mol. The minimum atomic E-state index is -0.552. The van der Waals surface area contributed by atoms with Gasteiger partial charge < -0.3 is 23.5 Å². The molecule has 4 radical (unpaired) electrons. The van der Waals surface area contributed by atoms with Crippen molar-refractivity contribution in [3.63, 3.8) is 0 Å². The molecule has 2 rings (SSSR count). The van der Waals surface area contributed by atoms with Crippen molar-refractivity contribution in [2.45, 2.75) is 48.4 Å². The van der Waals surface area contributed by atoms with Crippen molar-refractivity contribution < 1.29 is 23.5 Å². The lowest BCUT2D eigenvalue weighted by Gasteiger charge is -2.18. The Labute approximate surface area is 131 Å². The molecule has 5 nitrogen and oxygen atoms in total. The zero-order valence-electron chi connectivity index (χ0n) is 11.1. The van der Waals surface area contributed by atoms with Gasteiger partial charge in [-0.3, -0.25) is 0 Å². The highest BCUT2D eigenvalue weighted by Gasteiger charge is 2.34. The highest BCUT2D eigenvalue weighted by molar-refractivity contribution is 7.99. The van der Waals surface area contributed by atoms with Gasteiger partial charge in [0.1, 0.15) is 21.8 Å². The molecule has 0 aromatic heterocycles. The maximum atomic E-state index is 9.66. The van der Waals surface area contributed by atoms with E-state index in [9.17, 15) is 5.11 Å². The molecule has 1 unspecified atom stereocenters. The molecule has 0 spiro atoms. The molecule has 2 fully saturated rings. The van der Waals surface area contributed by atoms with E-state index in [1.165, 1.54) is 0 Å². The normalized spacial score (nSPS) is 41.3. The summed E-state index contributed by atoms with van der Waals surface area (Å²) < 4.78 is 21.2. The van der Waals surface area contributed by atoms with E-state index in [2.05, 4.69) is 12.9 Å². The van der Waals surface area contributed by atoms with E-state index in [4.69, 9.17) is 34.1 Å². The lowest BCUT2D eigenvalue weighted by atomic mass is 9.96. The van der Waals surface area contributed by atoms with Crippen LogP contribution in [0.4, 0.5) is 0 Å². The largest absolute Gasteiger partial charge is 0.390 e. The van der Waals surface area contributed by atoms with Crippen LogP contribution in [0.25, 0.3) is 0 Å². The Balaban J connectivity index is 1.63. The van der Waals surface area contributed by atoms with Gasteiger partial charge in [-0.05, 0) is 25.8 Å². The Morgan fingerprint density at radius 3 is 2.50 bits per heavy atom. The van der Waals surface area contributed by atoms with E-state index < -0.39 is 12.1 Å². The van der Waals surface area contributed by atoms with Crippen molar-refractivity contribution in [1.82, 2.24) is 0 Å². The van der Waals surface area contributed by atoms with Crippen LogP contribution in [0.2, 0.25) is 0 Å². The molecular formula is C11H18B2O5S2. The van der Waals surface area contributed by atoms with Crippen LogP contribution >= 0.6 is 24.7 Å². The maximum absolute atomic E-state index is 9.66. The van der Waals surface area contributed by atoms with E-state index in [-0.39, 0.29) is 23.5 Å². The summed E-state index contributed by atoms with van der Waals surface area (Å²) in [7, 11) is 11.4. The first kappa shape index (κ1) is 17.0. The summed E-state index contributed by atoms with van der Waals surface area (Å²) in [5, 5.41) is 9.88. The number of hydrogen-bond donors (Lipinski definition) is 2. The van der Waals surface area contributed by atoms with Crippen LogP contribution < -0.4 is 0 Å². The number of aliphatic hydroxyl groups excluding tert-OH is 1. The van der Waals surface area contributed by atoms with Crippen molar-refractivity contribution in [1.29, 1.82) is 0 Å². The van der Waals surface area contributed by atoms with Crippen molar-refractivity contribution in [2.75, 3.05) is 19.2 Å². The minimum absolute atomic E-state index is 0.0714. The molecule has 6 atom stereocenters. The molecule has 0 saturated carbocycles. The highest BCUT2D eigenvalue weighted by Crippen LogP contribution is 2.30. The van der Waals surface area contributed by atoms with E-state index in [1.54, 1.807) is 11.8 Å². The van der Waals surface area contributed by atoms with Crippen LogP contribution in [-0.2, 0) is 18.4 Å². The summed E-state index contributed by atoms with van der Waals surface area (Å²) in [6, 6.07) is -0.664. The summed E-state index contributed by atoms with van der Waals surface area (Å²) in [6.07, 6.45) is 0.238. The van der Waals surface area contributed by atoms with E-state index in [0.29, 0.717) is 25.6 Å². The average Bonchev–Trinajstić information content (AvgIpc) is 2.88. The zero-order valence-corrected chi connectivity index (χ0v) is 12.8. The van der Waals surface area contributed by atoms with Crippen LogP contribution in [0.5, 0.6) is 0 Å². The van der Waals surface area contributed by atoms with E-state index in [0.717, 1.165) is 6.42 Å². The summed E-state index contributed by atoms with van der Waals surface area (Å²) in [4.78, 5) is 0. The molecule has 110 valence electrons. The molecule has 0 bridgehead atoms. The van der Waals surface area contributed by atoms with Gasteiger partial charge in [0.25, 0.3) is 0 Å². The Hall–Kier alpha value is 0.630. The first-order valence-electron chi connectivity index (χ1n) is 6.56. The zero-order chi connectivity index (χ0) is 14.5. The smallest absolute Gasteiger partial charge is 0.109 e. The van der Waals surface area contributed by atoms with Crippen LogP contribution in [0.1, 0.15) is 12.8 Å². The fourth-order valence-corrected chi connectivity index (χ4v) is 3.55. The van der Waals surface area contributed by atoms with Crippen LogP contribution in [-0.4, -0.2) is 75.5 Å². The fraction of sp³-hybridized carbons (Fsp3) is 1.00. The van der Waals surface area contributed by atoms with Gasteiger partial charge in [0.05, 0.1) is 31.4 Å². The summed E-state index contributed by atoms with van der Waals surface area (Å²) >= 11 is 5.35. The van der Waals surface area contributed by atoms with E-state index >= 15 is 0 Å². The number of ether oxygens (including phenoxy) is 3. The molecule has 2 heterocycles. The number of rotatable bonds is 7. The van der Waals surface area contributed by atoms with Crippen LogP contribution in [0.15, 0.2) is 0 Å². The van der Waals surface area contributed by atoms with E-state index in [1.807, 2.05) is 0 Å². The third-order valence-corrected chi connectivity index (χ3v) is 4.74. The van der Waals surface area contributed by atoms with Crippen LogP contribution in [0.3, 0.4) is 0 Å². The molecule has 0 aliphatic carbocycles. The third-order valence-electron chi connectivity index (χ3n) is 3.37. The third kappa shape index (κ3) is 4.83. The lowest BCUT2D eigenvalue weighted by Crippen LogP contribution is -2.27. The van der Waals surface area contributed by atoms with Crippen molar-refractivity contribution in [3.05, 3.63) is 0 Å². The topological polar surface area (TPSA) is 57.2 Å². The van der Waals surface area contributed by atoms with Gasteiger partial charge >= 0.3 is 0 Å². The van der Waals surface area contributed by atoms with Crippen molar-refractivity contribution in [2.24, 2.45) is 0 Å². The fourth-order valence-electron chi connectivity index (χ4n) is 2.35. The SMILES string of the molecule is [B][C@H]1CC(SCOC[C@H]2O[C@@H]([B])C[C@H]2O)[C@@H](COS)O1. The lowest BCUT2D eigenvalue weighted by molar-refractivity contribution is -0.0205. The van der Waals surface area contributed by atoms with Gasteiger partial charge in [0.15, 0.2) is 0 Å². The quantitative estimate of drug-likeness (QED) is 0.224. The number of thiol groups is 1. The summed E-state index contributed by atoms with van der Waals surface area (Å²) in [5.41, 5.74) is 0. The first-order chi connectivity index (χ1) is 9.60. The molecule has 0 aromatic carbocycles. The Bertz CT molecular complexity index is 302. The van der Waals surface area contributed by atoms with Gasteiger partial charge in [0, 0.05) is 17.3 Å². The molecule has 2 aliphatic rings. The predicted octanol–water partition coefficient (Wildman–Crippen LogP) is -0.148. The van der Waals surface area contributed by atoms with Gasteiger partial charge in [-0.25, -0.2) is 0 Å². The molecule has 9 heteroatoms. The van der Waals surface area contributed by atoms with Gasteiger partial charge in [-0.15, -0.1) is 11.8 Å². The minimum Gasteiger partial charge on any atom is -0.390 e. The molecule has 0 amide bonds. The van der Waals surface area contributed by atoms with Gasteiger partial charge in [-0.1, -0.05) is 0 Å². The molecule has 2 aliphatic heterocycles. The van der Waals surface area contributed by atoms with Gasteiger partial charge in [0.2, 0.25) is 0 Å². The Morgan fingerprint density at radius 1 is 1.15 bits per heavy atom. The molecule has 2 saturated heterocycles. The highest BCUT2D eigenvalue weighted by atomic mass is 32.2. The maximum Gasteiger partial charge on any atom is 0.109 e. The first-order valence-corrected chi connectivity index (χ1v) is 7.97. The standard InChI is InChI=1S/C11H18B2O5S2/c12-10-1-6(14)7(17-10)3-15-5-20-9-2-11(13)18-8(9)4-16-19/h6-11,14,19H,1-5H2/t6-,7-,8-,9?,10-,11-/m1/s1. The molecule has 1 N–H and O–H groups in total. The number of thioether (sulfide) groups is 1. The molecular weight excluding hydrogens is 298 g/mol. The average molecular weight is 316 g/mol. The molecule has 0 aromatic rings. The second-order valence-corrected chi connectivity index (χ2v) is 6.39. The van der Waals surface area contributed by atoms with Crippen LogP contribution in [0, 0.1) is 0 Å². The second kappa shape index (κ2) is 8.31. The number of hydrogen-bond acceptors (Lipinski definition) is 7. The van der Waals surface area contributed by atoms with Gasteiger partial charge in [-0.2, -0.15) is 0 Å². The number of aliphatic hydroxyl groups is 1. The molecule has 20 heavy (non-hydrogen) atoms. The monoisotopic (exact) mass is 316 g/mol. The summed E-state index contributed by atoms with van der Waals surface area (Å²) in [6.45, 7) is 0.725. The van der Waals surface area contributed by atoms with Crippen molar-refractivity contribution in [3.8, 4) is 0 Å². The Morgan fingerprint density at radius 2 is 1.85 bits per heavy atom.